The minimum atomic E-state index is -0.496. The highest BCUT2D eigenvalue weighted by Crippen LogP contribution is 2.29. The molecule has 0 radical (unpaired) electrons. The van der Waals surface area contributed by atoms with Crippen molar-refractivity contribution in [2.45, 2.75) is 37.6 Å². The largest absolute Gasteiger partial charge is 0.391 e. The van der Waals surface area contributed by atoms with E-state index in [4.69, 9.17) is 18.0 Å². The number of hydrogen-bond acceptors (Lipinski definition) is 2. The van der Waals surface area contributed by atoms with Crippen LogP contribution in [0, 0.1) is 3.57 Å². The van der Waals surface area contributed by atoms with Gasteiger partial charge in [0.1, 0.15) is 0 Å². The number of carbonyl (C=O) groups is 1. The molecule has 0 unspecified atom stereocenters. The standard InChI is InChI=1S/C14H17IN2OS/c15-11-7-3-2-6-10(11)12(18)17-14(13(16)19)8-4-1-5-9-14/h2-3,6-7H,1,4-5,8-9H2,(H2,16,19)(H,17,18). The summed E-state index contributed by atoms with van der Waals surface area (Å²) >= 11 is 7.36. The molecule has 1 aromatic rings. The monoisotopic (exact) mass is 388 g/mol. The van der Waals surface area contributed by atoms with Crippen LogP contribution in [0.2, 0.25) is 0 Å². The molecule has 5 heteroatoms. The first-order chi connectivity index (χ1) is 9.05. The quantitative estimate of drug-likeness (QED) is 0.618. The first-order valence-electron chi connectivity index (χ1n) is 6.42. The van der Waals surface area contributed by atoms with Gasteiger partial charge < -0.3 is 11.1 Å². The summed E-state index contributed by atoms with van der Waals surface area (Å²) in [7, 11) is 0. The van der Waals surface area contributed by atoms with Crippen molar-refractivity contribution in [1.82, 2.24) is 5.32 Å². The van der Waals surface area contributed by atoms with Crippen molar-refractivity contribution >= 4 is 45.7 Å². The third-order valence-electron chi connectivity index (χ3n) is 3.65. The second-order valence-corrected chi connectivity index (χ2v) is 6.54. The molecule has 0 saturated heterocycles. The van der Waals surface area contributed by atoms with E-state index in [1.165, 1.54) is 6.42 Å². The van der Waals surface area contributed by atoms with E-state index in [1.807, 2.05) is 24.3 Å². The maximum Gasteiger partial charge on any atom is 0.253 e. The molecule has 0 atom stereocenters. The Bertz CT molecular complexity index is 498. The Morgan fingerprint density at radius 1 is 1.26 bits per heavy atom. The van der Waals surface area contributed by atoms with Gasteiger partial charge in [0.05, 0.1) is 16.1 Å². The Balaban J connectivity index is 2.20. The van der Waals surface area contributed by atoms with E-state index in [1.54, 1.807) is 0 Å². The second-order valence-electron chi connectivity index (χ2n) is 4.94. The molecule has 1 fully saturated rings. The fraction of sp³-hybridized carbons (Fsp3) is 0.429. The van der Waals surface area contributed by atoms with Crippen LogP contribution in [0.5, 0.6) is 0 Å². The van der Waals surface area contributed by atoms with Crippen molar-refractivity contribution in [1.29, 1.82) is 0 Å². The van der Waals surface area contributed by atoms with Gasteiger partial charge in [-0.25, -0.2) is 0 Å². The third-order valence-corrected chi connectivity index (χ3v) is 4.98. The average Bonchev–Trinajstić information content (AvgIpc) is 2.40. The molecule has 1 saturated carbocycles. The van der Waals surface area contributed by atoms with Gasteiger partial charge in [-0.1, -0.05) is 43.6 Å². The van der Waals surface area contributed by atoms with E-state index in [2.05, 4.69) is 27.9 Å². The Morgan fingerprint density at radius 2 is 1.89 bits per heavy atom. The van der Waals surface area contributed by atoms with E-state index in [0.29, 0.717) is 10.6 Å². The molecule has 19 heavy (non-hydrogen) atoms. The summed E-state index contributed by atoms with van der Waals surface area (Å²) in [6.07, 6.45) is 4.99. The smallest absolute Gasteiger partial charge is 0.253 e. The zero-order valence-corrected chi connectivity index (χ0v) is 13.6. The Kier molecular flexibility index (Phi) is 4.78. The zero-order valence-electron chi connectivity index (χ0n) is 10.6. The lowest BCUT2D eigenvalue weighted by atomic mass is 9.81. The van der Waals surface area contributed by atoms with E-state index < -0.39 is 5.54 Å². The van der Waals surface area contributed by atoms with E-state index in [0.717, 1.165) is 29.3 Å². The van der Waals surface area contributed by atoms with Gasteiger partial charge in [-0.3, -0.25) is 4.79 Å². The average molecular weight is 388 g/mol. The van der Waals surface area contributed by atoms with E-state index in [-0.39, 0.29) is 5.91 Å². The van der Waals surface area contributed by atoms with Crippen LogP contribution in [0.15, 0.2) is 24.3 Å². The molecule has 0 aromatic heterocycles. The third kappa shape index (κ3) is 3.25. The van der Waals surface area contributed by atoms with Crippen LogP contribution in [0.3, 0.4) is 0 Å². The van der Waals surface area contributed by atoms with Crippen LogP contribution in [0.4, 0.5) is 0 Å². The number of carbonyl (C=O) groups excluding carboxylic acids is 1. The first kappa shape index (κ1) is 14.7. The van der Waals surface area contributed by atoms with Crippen molar-refractivity contribution in [3.8, 4) is 0 Å². The molecule has 1 aromatic carbocycles. The molecule has 0 aliphatic heterocycles. The molecule has 3 N–H and O–H groups in total. The van der Waals surface area contributed by atoms with Gasteiger partial charge in [-0.15, -0.1) is 0 Å². The summed E-state index contributed by atoms with van der Waals surface area (Å²) in [6, 6.07) is 7.53. The van der Waals surface area contributed by atoms with Crippen LogP contribution in [-0.2, 0) is 0 Å². The van der Waals surface area contributed by atoms with Crippen molar-refractivity contribution in [3.63, 3.8) is 0 Å². The van der Waals surface area contributed by atoms with Crippen molar-refractivity contribution in [3.05, 3.63) is 33.4 Å². The Hall–Kier alpha value is -0.690. The molecular formula is C14H17IN2OS. The number of halogens is 1. The van der Waals surface area contributed by atoms with Crippen LogP contribution >= 0.6 is 34.8 Å². The summed E-state index contributed by atoms with van der Waals surface area (Å²) in [5.41, 5.74) is 6.07. The SMILES string of the molecule is NC(=S)C1(NC(=O)c2ccccc2I)CCCCC1. The maximum atomic E-state index is 12.4. The maximum absolute atomic E-state index is 12.4. The van der Waals surface area contributed by atoms with Crippen LogP contribution < -0.4 is 11.1 Å². The fourth-order valence-electron chi connectivity index (χ4n) is 2.52. The predicted octanol–water partition coefficient (Wildman–Crippen LogP) is 3.01. The number of rotatable bonds is 3. The molecule has 0 heterocycles. The number of thiocarbonyl (C=S) groups is 1. The van der Waals surface area contributed by atoms with Gasteiger partial charge in [-0.05, 0) is 47.6 Å². The first-order valence-corrected chi connectivity index (χ1v) is 7.91. The Morgan fingerprint density at radius 3 is 2.47 bits per heavy atom. The minimum absolute atomic E-state index is 0.0836. The lowest BCUT2D eigenvalue weighted by molar-refractivity contribution is 0.0907. The number of nitrogens with two attached hydrogens (primary N) is 1. The van der Waals surface area contributed by atoms with Crippen LogP contribution in [-0.4, -0.2) is 16.4 Å². The van der Waals surface area contributed by atoms with Crippen LogP contribution in [0.25, 0.3) is 0 Å². The number of nitrogens with one attached hydrogen (secondary N) is 1. The normalized spacial score (nSPS) is 17.7. The van der Waals surface area contributed by atoms with Gasteiger partial charge in [0, 0.05) is 3.57 Å². The molecule has 1 amide bonds. The topological polar surface area (TPSA) is 55.1 Å². The number of benzene rings is 1. The fourth-order valence-corrected chi connectivity index (χ4v) is 3.41. The molecule has 2 rings (SSSR count). The van der Waals surface area contributed by atoms with Crippen molar-refractivity contribution < 1.29 is 4.79 Å². The van der Waals surface area contributed by atoms with Gasteiger partial charge in [0.2, 0.25) is 0 Å². The molecule has 1 aliphatic carbocycles. The predicted molar refractivity (Wildman–Crippen MR) is 89.2 cm³/mol. The van der Waals surface area contributed by atoms with Gasteiger partial charge in [0.25, 0.3) is 5.91 Å². The Labute approximate surface area is 132 Å². The molecule has 102 valence electrons. The lowest BCUT2D eigenvalue weighted by Crippen LogP contribution is -2.57. The summed E-state index contributed by atoms with van der Waals surface area (Å²) in [5, 5.41) is 3.08. The molecule has 0 spiro atoms. The van der Waals surface area contributed by atoms with E-state index >= 15 is 0 Å². The van der Waals surface area contributed by atoms with E-state index in [9.17, 15) is 4.79 Å². The molecule has 1 aliphatic rings. The summed E-state index contributed by atoms with van der Waals surface area (Å²) < 4.78 is 0.937. The van der Waals surface area contributed by atoms with Crippen molar-refractivity contribution in [2.75, 3.05) is 0 Å². The lowest BCUT2D eigenvalue weighted by Gasteiger charge is -2.37. The summed E-state index contributed by atoms with van der Waals surface area (Å²) in [4.78, 5) is 12.8. The molecule has 0 bridgehead atoms. The highest BCUT2D eigenvalue weighted by atomic mass is 127. The van der Waals surface area contributed by atoms with Crippen LogP contribution in [0.1, 0.15) is 42.5 Å². The van der Waals surface area contributed by atoms with Gasteiger partial charge in [0.15, 0.2) is 0 Å². The highest BCUT2D eigenvalue weighted by Gasteiger charge is 2.36. The highest BCUT2D eigenvalue weighted by molar-refractivity contribution is 14.1. The molecule has 3 nitrogen and oxygen atoms in total. The number of hydrogen-bond donors (Lipinski definition) is 2. The summed E-state index contributed by atoms with van der Waals surface area (Å²) in [6.45, 7) is 0. The zero-order chi connectivity index (χ0) is 13.9. The van der Waals surface area contributed by atoms with Crippen molar-refractivity contribution in [2.24, 2.45) is 5.73 Å². The summed E-state index contributed by atoms with van der Waals surface area (Å²) in [5.74, 6) is -0.0836. The number of amides is 1. The molecular weight excluding hydrogens is 371 g/mol. The second kappa shape index (κ2) is 6.17. The van der Waals surface area contributed by atoms with Gasteiger partial charge in [-0.2, -0.15) is 0 Å². The minimum Gasteiger partial charge on any atom is -0.391 e. The van der Waals surface area contributed by atoms with Gasteiger partial charge >= 0.3 is 0 Å².